The van der Waals surface area contributed by atoms with Crippen LogP contribution in [0, 0.1) is 17.8 Å². The number of hydrogen-bond donors (Lipinski definition) is 1. The number of rotatable bonds is 3. The molecule has 0 spiro atoms. The van der Waals surface area contributed by atoms with Crippen molar-refractivity contribution in [3.8, 4) is 23.3 Å². The molecule has 4 nitrogen and oxygen atoms in total. The van der Waals surface area contributed by atoms with E-state index in [0.29, 0.717) is 17.1 Å². The van der Waals surface area contributed by atoms with Crippen LogP contribution in [0.1, 0.15) is 30.2 Å². The Kier molecular flexibility index (Phi) is 5.25. The predicted molar refractivity (Wildman–Crippen MR) is 107 cm³/mol. The number of methoxy groups -OCH3 is 2. The first kappa shape index (κ1) is 20.7. The van der Waals surface area contributed by atoms with Crippen molar-refractivity contribution in [3.63, 3.8) is 0 Å². The van der Waals surface area contributed by atoms with Gasteiger partial charge in [-0.15, -0.1) is 0 Å². The second kappa shape index (κ2) is 7.60. The molecule has 4 rings (SSSR count). The van der Waals surface area contributed by atoms with Gasteiger partial charge < -0.3 is 19.5 Å². The van der Waals surface area contributed by atoms with Crippen LogP contribution in [0.3, 0.4) is 0 Å². The lowest BCUT2D eigenvalue weighted by atomic mass is 9.89. The van der Waals surface area contributed by atoms with Crippen molar-refractivity contribution in [2.75, 3.05) is 19.5 Å². The molecular formula is C22H19ClF3NO3. The maximum Gasteiger partial charge on any atom is 0.433 e. The quantitative estimate of drug-likeness (QED) is 0.628. The van der Waals surface area contributed by atoms with Crippen LogP contribution in [0.25, 0.3) is 0 Å². The lowest BCUT2D eigenvalue weighted by Gasteiger charge is -2.41. The van der Waals surface area contributed by atoms with Gasteiger partial charge in [0.2, 0.25) is 0 Å². The number of fused-ring (bicyclic) bond motifs is 1. The third kappa shape index (κ3) is 3.66. The van der Waals surface area contributed by atoms with Crippen molar-refractivity contribution >= 4 is 17.3 Å². The van der Waals surface area contributed by atoms with Crippen LogP contribution in [0.4, 0.5) is 18.9 Å². The number of nitrogens with one attached hydrogen (secondary N) is 1. The minimum absolute atomic E-state index is 0.0372. The Hall–Kier alpha value is -2.56. The summed E-state index contributed by atoms with van der Waals surface area (Å²) < 4.78 is 59.7. The summed E-state index contributed by atoms with van der Waals surface area (Å²) in [6.45, 7) is 0. The number of ether oxygens (including phenoxy) is 3. The molecule has 0 radical (unpaired) electrons. The van der Waals surface area contributed by atoms with Crippen LogP contribution in [-0.2, 0) is 10.3 Å². The van der Waals surface area contributed by atoms with E-state index >= 15 is 0 Å². The van der Waals surface area contributed by atoms with Gasteiger partial charge in [-0.2, -0.15) is 13.2 Å². The first-order chi connectivity index (χ1) is 14.3. The minimum Gasteiger partial charge on any atom is -0.493 e. The van der Waals surface area contributed by atoms with Crippen LogP contribution in [0.2, 0.25) is 5.02 Å². The van der Waals surface area contributed by atoms with Crippen LogP contribution in [0.5, 0.6) is 11.5 Å². The van der Waals surface area contributed by atoms with Gasteiger partial charge in [0, 0.05) is 27.8 Å². The van der Waals surface area contributed by atoms with Gasteiger partial charge >= 0.3 is 6.18 Å². The Balaban J connectivity index is 1.86. The molecular weight excluding hydrogens is 419 g/mol. The minimum atomic E-state index is -4.79. The molecule has 0 amide bonds. The summed E-state index contributed by atoms with van der Waals surface area (Å²) in [5.41, 5.74) is -2.26. The highest BCUT2D eigenvalue weighted by Gasteiger charge is 2.61. The third-order valence-electron chi connectivity index (χ3n) is 5.08. The van der Waals surface area contributed by atoms with E-state index in [0.717, 1.165) is 12.8 Å². The summed E-state index contributed by atoms with van der Waals surface area (Å²) in [7, 11) is 2.93. The van der Waals surface area contributed by atoms with Crippen LogP contribution in [0.15, 0.2) is 36.4 Å². The van der Waals surface area contributed by atoms with Gasteiger partial charge in [-0.3, -0.25) is 0 Å². The van der Waals surface area contributed by atoms with E-state index in [1.807, 2.05) is 0 Å². The molecule has 1 fully saturated rings. The molecule has 1 saturated carbocycles. The van der Waals surface area contributed by atoms with E-state index in [2.05, 4.69) is 17.2 Å². The highest BCUT2D eigenvalue weighted by atomic mass is 35.5. The lowest BCUT2D eigenvalue weighted by Crippen LogP contribution is -2.48. The maximum atomic E-state index is 14.5. The average Bonchev–Trinajstić information content (AvgIpc) is 3.55. The Morgan fingerprint density at radius 1 is 1.10 bits per heavy atom. The van der Waals surface area contributed by atoms with Crippen molar-refractivity contribution in [3.05, 3.63) is 52.5 Å². The Morgan fingerprint density at radius 2 is 1.83 bits per heavy atom. The van der Waals surface area contributed by atoms with Gasteiger partial charge in [-0.25, -0.2) is 0 Å². The fourth-order valence-electron chi connectivity index (χ4n) is 3.33. The van der Waals surface area contributed by atoms with Crippen LogP contribution < -0.4 is 14.8 Å². The van der Waals surface area contributed by atoms with E-state index in [4.69, 9.17) is 25.8 Å². The van der Waals surface area contributed by atoms with Crippen molar-refractivity contribution in [2.24, 2.45) is 5.92 Å². The molecule has 1 N–H and O–H groups in total. The summed E-state index contributed by atoms with van der Waals surface area (Å²) in [6.07, 6.45) is -4.32. The van der Waals surface area contributed by atoms with Crippen molar-refractivity contribution in [1.82, 2.24) is 0 Å². The molecule has 1 unspecified atom stereocenters. The van der Waals surface area contributed by atoms with E-state index < -0.39 is 18.0 Å². The molecule has 1 heterocycles. The highest BCUT2D eigenvalue weighted by Crippen LogP contribution is 2.52. The summed E-state index contributed by atoms with van der Waals surface area (Å²) >= 11 is 6.03. The van der Waals surface area contributed by atoms with Gasteiger partial charge in [0.1, 0.15) is 0 Å². The van der Waals surface area contributed by atoms with Gasteiger partial charge in [0.05, 0.1) is 14.2 Å². The summed E-state index contributed by atoms with van der Waals surface area (Å²) in [5.74, 6) is 5.96. The van der Waals surface area contributed by atoms with E-state index in [1.54, 1.807) is 18.2 Å². The molecule has 0 saturated heterocycles. The molecule has 8 heteroatoms. The van der Waals surface area contributed by atoms with Crippen molar-refractivity contribution < 1.29 is 27.4 Å². The predicted octanol–water partition coefficient (Wildman–Crippen LogP) is 5.67. The van der Waals surface area contributed by atoms with Gasteiger partial charge in [-0.1, -0.05) is 29.5 Å². The van der Waals surface area contributed by atoms with Crippen molar-refractivity contribution in [1.29, 1.82) is 0 Å². The van der Waals surface area contributed by atoms with Gasteiger partial charge in [0.25, 0.3) is 5.60 Å². The molecule has 1 aliphatic carbocycles. The normalized spacial score (nSPS) is 22.9. The Bertz CT molecular complexity index is 1030. The molecule has 2 aromatic carbocycles. The molecule has 158 valence electrons. The standard InChI is InChI=1S/C22H19ClF3NO3/c1-28-18-8-5-14(11-19(18)29-2)20-27-17-7-6-15(23)12-16(17)21(30-20,22(24,25)26)10-9-13-3-4-13/h5-8,11-13,20,27H,3-4H2,1-2H3/t20-,21?/m0/s1. The molecule has 2 aromatic rings. The zero-order chi connectivity index (χ0) is 21.5. The average molecular weight is 438 g/mol. The number of benzene rings is 2. The Morgan fingerprint density at radius 3 is 2.47 bits per heavy atom. The zero-order valence-corrected chi connectivity index (χ0v) is 17.0. The number of hydrogen-bond acceptors (Lipinski definition) is 4. The molecule has 2 atom stereocenters. The molecule has 1 aliphatic heterocycles. The topological polar surface area (TPSA) is 39.7 Å². The summed E-state index contributed by atoms with van der Waals surface area (Å²) in [6, 6.07) is 9.10. The maximum absolute atomic E-state index is 14.5. The molecule has 2 aliphatic rings. The van der Waals surface area contributed by atoms with Crippen LogP contribution >= 0.6 is 11.6 Å². The van der Waals surface area contributed by atoms with E-state index in [9.17, 15) is 13.2 Å². The SMILES string of the molecule is COc1ccc([C@H]2Nc3ccc(Cl)cc3C(C#CC3CC3)(C(F)(F)F)O2)cc1OC. The fraction of sp³-hybridized carbons (Fsp3) is 0.364. The lowest BCUT2D eigenvalue weighted by molar-refractivity contribution is -0.273. The fourth-order valence-corrected chi connectivity index (χ4v) is 3.50. The summed E-state index contributed by atoms with van der Waals surface area (Å²) in [4.78, 5) is 0. The zero-order valence-electron chi connectivity index (χ0n) is 16.3. The second-order valence-electron chi connectivity index (χ2n) is 7.17. The van der Waals surface area contributed by atoms with Gasteiger partial charge in [-0.05, 0) is 43.2 Å². The smallest absolute Gasteiger partial charge is 0.433 e. The monoisotopic (exact) mass is 437 g/mol. The molecule has 0 aromatic heterocycles. The number of alkyl halides is 3. The number of halogens is 4. The van der Waals surface area contributed by atoms with Gasteiger partial charge in [0.15, 0.2) is 17.7 Å². The summed E-state index contributed by atoms with van der Waals surface area (Å²) in [5, 5.41) is 3.19. The second-order valence-corrected chi connectivity index (χ2v) is 7.61. The first-order valence-electron chi connectivity index (χ1n) is 9.33. The highest BCUT2D eigenvalue weighted by molar-refractivity contribution is 6.30. The Labute approximate surface area is 177 Å². The largest absolute Gasteiger partial charge is 0.493 e. The van der Waals surface area contributed by atoms with Crippen LogP contribution in [-0.4, -0.2) is 20.4 Å². The van der Waals surface area contributed by atoms with Crippen molar-refractivity contribution in [2.45, 2.75) is 30.8 Å². The van der Waals surface area contributed by atoms with E-state index in [1.165, 1.54) is 32.4 Å². The molecule has 0 bridgehead atoms. The number of anilines is 1. The first-order valence-corrected chi connectivity index (χ1v) is 9.71. The van der Waals surface area contributed by atoms with E-state index in [-0.39, 0.29) is 22.2 Å². The third-order valence-corrected chi connectivity index (χ3v) is 5.32. The molecule has 30 heavy (non-hydrogen) atoms.